The van der Waals surface area contributed by atoms with Crippen LogP contribution in [0, 0.1) is 6.92 Å². The standard InChI is InChI=1S/C15H16N2O3/c1-11-6-3-4-7-12(11)16(2)14(18)10-17-9-5-8-13(17)15(19)20/h3-9H,10H2,1-2H3,(H,19,20). The van der Waals surface area contributed by atoms with Gasteiger partial charge in [-0.1, -0.05) is 18.2 Å². The number of para-hydroxylation sites is 1. The number of carbonyl (C=O) groups excluding carboxylic acids is 1. The number of hydrogen-bond donors (Lipinski definition) is 1. The van der Waals surface area contributed by atoms with Crippen LogP contribution in [-0.2, 0) is 11.3 Å². The maximum atomic E-state index is 12.3. The van der Waals surface area contributed by atoms with Gasteiger partial charge in [0.25, 0.3) is 0 Å². The largest absolute Gasteiger partial charge is 0.477 e. The first-order valence-electron chi connectivity index (χ1n) is 6.21. The van der Waals surface area contributed by atoms with Crippen molar-refractivity contribution in [1.29, 1.82) is 0 Å². The number of hydrogen-bond acceptors (Lipinski definition) is 2. The Hall–Kier alpha value is -2.56. The minimum Gasteiger partial charge on any atom is -0.477 e. The summed E-state index contributed by atoms with van der Waals surface area (Å²) in [4.78, 5) is 24.8. The highest BCUT2D eigenvalue weighted by molar-refractivity contribution is 5.94. The Morgan fingerprint density at radius 2 is 1.90 bits per heavy atom. The Balaban J connectivity index is 2.18. The molecular weight excluding hydrogens is 256 g/mol. The molecule has 0 saturated carbocycles. The minimum atomic E-state index is -1.04. The number of rotatable bonds is 4. The van der Waals surface area contributed by atoms with E-state index < -0.39 is 5.97 Å². The number of amides is 1. The third-order valence-corrected chi connectivity index (χ3v) is 3.21. The molecule has 0 aliphatic rings. The molecule has 0 aliphatic heterocycles. The van der Waals surface area contributed by atoms with E-state index in [9.17, 15) is 9.59 Å². The van der Waals surface area contributed by atoms with E-state index in [0.29, 0.717) is 0 Å². The SMILES string of the molecule is Cc1ccccc1N(C)C(=O)Cn1cccc1C(=O)O. The van der Waals surface area contributed by atoms with Crippen molar-refractivity contribution in [3.05, 3.63) is 53.9 Å². The number of carbonyl (C=O) groups is 2. The topological polar surface area (TPSA) is 62.5 Å². The molecule has 0 radical (unpaired) electrons. The first-order valence-corrected chi connectivity index (χ1v) is 6.21. The average molecular weight is 272 g/mol. The third-order valence-electron chi connectivity index (χ3n) is 3.21. The van der Waals surface area contributed by atoms with E-state index in [1.54, 1.807) is 24.2 Å². The van der Waals surface area contributed by atoms with Gasteiger partial charge in [0.2, 0.25) is 5.91 Å². The molecule has 5 heteroatoms. The highest BCUT2D eigenvalue weighted by Crippen LogP contribution is 2.18. The highest BCUT2D eigenvalue weighted by Gasteiger charge is 2.16. The van der Waals surface area contributed by atoms with Gasteiger partial charge in [0, 0.05) is 18.9 Å². The molecule has 1 N–H and O–H groups in total. The predicted molar refractivity (Wildman–Crippen MR) is 76.0 cm³/mol. The lowest BCUT2D eigenvalue weighted by atomic mass is 10.2. The Kier molecular flexibility index (Phi) is 3.89. The number of likely N-dealkylation sites (N-methyl/N-ethyl adjacent to an activating group) is 1. The van der Waals surface area contributed by atoms with Gasteiger partial charge >= 0.3 is 5.97 Å². The molecule has 0 spiro atoms. The fraction of sp³-hybridized carbons (Fsp3) is 0.200. The van der Waals surface area contributed by atoms with Gasteiger partial charge in [0.15, 0.2) is 0 Å². The van der Waals surface area contributed by atoms with Gasteiger partial charge in [0.1, 0.15) is 12.2 Å². The van der Waals surface area contributed by atoms with Crippen molar-refractivity contribution in [1.82, 2.24) is 4.57 Å². The molecule has 0 atom stereocenters. The summed E-state index contributed by atoms with van der Waals surface area (Å²) in [5.74, 6) is -1.21. The van der Waals surface area contributed by atoms with Crippen LogP contribution in [0.4, 0.5) is 5.69 Å². The van der Waals surface area contributed by atoms with E-state index in [4.69, 9.17) is 5.11 Å². The molecule has 1 aromatic heterocycles. The van der Waals surface area contributed by atoms with Crippen molar-refractivity contribution < 1.29 is 14.7 Å². The maximum absolute atomic E-state index is 12.3. The Bertz CT molecular complexity index is 646. The monoisotopic (exact) mass is 272 g/mol. The second kappa shape index (κ2) is 5.61. The van der Waals surface area contributed by atoms with Crippen LogP contribution in [0.2, 0.25) is 0 Å². The van der Waals surface area contributed by atoms with Gasteiger partial charge in [-0.25, -0.2) is 4.79 Å². The number of carboxylic acids is 1. The predicted octanol–water partition coefficient (Wildman–Crippen LogP) is 2.16. The van der Waals surface area contributed by atoms with Crippen molar-refractivity contribution in [2.75, 3.05) is 11.9 Å². The highest BCUT2D eigenvalue weighted by atomic mass is 16.4. The number of aromatic carboxylic acids is 1. The normalized spacial score (nSPS) is 10.3. The summed E-state index contributed by atoms with van der Waals surface area (Å²) < 4.78 is 1.43. The number of nitrogens with zero attached hydrogens (tertiary/aromatic N) is 2. The fourth-order valence-electron chi connectivity index (χ4n) is 2.07. The van der Waals surface area contributed by atoms with Gasteiger partial charge in [-0.3, -0.25) is 4.79 Å². The molecule has 104 valence electrons. The molecule has 5 nitrogen and oxygen atoms in total. The van der Waals surface area contributed by atoms with Gasteiger partial charge in [-0.15, -0.1) is 0 Å². The quantitative estimate of drug-likeness (QED) is 0.927. The average Bonchev–Trinajstić information content (AvgIpc) is 2.86. The zero-order valence-corrected chi connectivity index (χ0v) is 11.4. The van der Waals surface area contributed by atoms with Crippen molar-refractivity contribution in [3.63, 3.8) is 0 Å². The smallest absolute Gasteiger partial charge is 0.352 e. The number of carboxylic acid groups (broad SMARTS) is 1. The second-order valence-electron chi connectivity index (χ2n) is 4.57. The number of benzene rings is 1. The first kappa shape index (κ1) is 13.9. The van der Waals surface area contributed by atoms with Crippen molar-refractivity contribution in [2.45, 2.75) is 13.5 Å². The van der Waals surface area contributed by atoms with Crippen LogP contribution in [0.25, 0.3) is 0 Å². The van der Waals surface area contributed by atoms with Crippen molar-refractivity contribution >= 4 is 17.6 Å². The zero-order chi connectivity index (χ0) is 14.7. The number of aryl methyl sites for hydroxylation is 1. The van der Waals surface area contributed by atoms with E-state index in [1.165, 1.54) is 10.6 Å². The van der Waals surface area contributed by atoms with Gasteiger partial charge in [0.05, 0.1) is 0 Å². The van der Waals surface area contributed by atoms with Crippen LogP contribution in [0.15, 0.2) is 42.6 Å². The molecule has 20 heavy (non-hydrogen) atoms. The van der Waals surface area contributed by atoms with Gasteiger partial charge in [-0.2, -0.15) is 0 Å². The molecule has 2 aromatic rings. The zero-order valence-electron chi connectivity index (χ0n) is 11.4. The second-order valence-corrected chi connectivity index (χ2v) is 4.57. The lowest BCUT2D eigenvalue weighted by Gasteiger charge is -2.20. The summed E-state index contributed by atoms with van der Waals surface area (Å²) in [5.41, 5.74) is 1.92. The first-order chi connectivity index (χ1) is 9.50. The summed E-state index contributed by atoms with van der Waals surface area (Å²) in [6.45, 7) is 1.93. The molecular formula is C15H16N2O3. The van der Waals surface area contributed by atoms with Crippen molar-refractivity contribution in [3.8, 4) is 0 Å². The Morgan fingerprint density at radius 3 is 2.55 bits per heavy atom. The fourth-order valence-corrected chi connectivity index (χ4v) is 2.07. The molecule has 1 aromatic carbocycles. The molecule has 0 unspecified atom stereocenters. The summed E-state index contributed by atoms with van der Waals surface area (Å²) >= 11 is 0. The summed E-state index contributed by atoms with van der Waals surface area (Å²) in [6.07, 6.45) is 1.59. The molecule has 0 bridgehead atoms. The van der Waals surface area contributed by atoms with E-state index in [1.807, 2.05) is 31.2 Å². The van der Waals surface area contributed by atoms with Gasteiger partial charge < -0.3 is 14.6 Å². The lowest BCUT2D eigenvalue weighted by Crippen LogP contribution is -2.31. The van der Waals surface area contributed by atoms with Crippen LogP contribution < -0.4 is 4.90 Å². The van der Waals surface area contributed by atoms with Crippen LogP contribution in [0.1, 0.15) is 16.1 Å². The van der Waals surface area contributed by atoms with E-state index >= 15 is 0 Å². The van der Waals surface area contributed by atoms with E-state index in [-0.39, 0.29) is 18.1 Å². The summed E-state index contributed by atoms with van der Waals surface area (Å²) in [7, 11) is 1.69. The van der Waals surface area contributed by atoms with Gasteiger partial charge in [-0.05, 0) is 30.7 Å². The van der Waals surface area contributed by atoms with E-state index in [0.717, 1.165) is 11.3 Å². The maximum Gasteiger partial charge on any atom is 0.352 e. The van der Waals surface area contributed by atoms with Crippen LogP contribution in [0.3, 0.4) is 0 Å². The van der Waals surface area contributed by atoms with Crippen LogP contribution >= 0.6 is 0 Å². The molecule has 2 rings (SSSR count). The molecule has 0 fully saturated rings. The third kappa shape index (κ3) is 2.71. The summed E-state index contributed by atoms with van der Waals surface area (Å²) in [5, 5.41) is 9.02. The number of aromatic nitrogens is 1. The molecule has 1 heterocycles. The van der Waals surface area contributed by atoms with Crippen molar-refractivity contribution in [2.24, 2.45) is 0 Å². The Labute approximate surface area is 117 Å². The molecule has 0 saturated heterocycles. The lowest BCUT2D eigenvalue weighted by molar-refractivity contribution is -0.118. The molecule has 0 aliphatic carbocycles. The van der Waals surface area contributed by atoms with E-state index in [2.05, 4.69) is 0 Å². The summed E-state index contributed by atoms with van der Waals surface area (Å²) in [6, 6.07) is 10.7. The number of anilines is 1. The Morgan fingerprint density at radius 1 is 1.20 bits per heavy atom. The van der Waals surface area contributed by atoms with Crippen LogP contribution in [0.5, 0.6) is 0 Å². The van der Waals surface area contributed by atoms with Crippen LogP contribution in [-0.4, -0.2) is 28.6 Å². The minimum absolute atomic E-state index is 0.000528. The molecule has 1 amide bonds.